The van der Waals surface area contributed by atoms with E-state index < -0.39 is 20.3 Å². The Morgan fingerprint density at radius 3 is 2.25 bits per heavy atom. The quantitative estimate of drug-likeness (QED) is 0.558. The molecule has 1 rings (SSSR count). The molecule has 140 valence electrons. The standard InChI is InChI=1S/C18H35NO4Si/c1-18(2,3)24(5,6)23-13-12-15(17(21)22-4)19-16(20)14-10-8-7-9-11-14/h14-15H,7-13H2,1-6H3,(H,19,20)/t15-/m0/s1. The third-order valence-corrected chi connectivity index (χ3v) is 9.99. The Morgan fingerprint density at radius 2 is 1.75 bits per heavy atom. The molecule has 0 aromatic rings. The van der Waals surface area contributed by atoms with E-state index in [2.05, 4.69) is 39.2 Å². The molecule has 24 heavy (non-hydrogen) atoms. The second kappa shape index (κ2) is 8.99. The first kappa shape index (κ1) is 21.2. The van der Waals surface area contributed by atoms with E-state index in [0.29, 0.717) is 13.0 Å². The number of hydrogen-bond donors (Lipinski definition) is 1. The maximum Gasteiger partial charge on any atom is 0.328 e. The highest BCUT2D eigenvalue weighted by Gasteiger charge is 2.37. The molecule has 0 heterocycles. The largest absolute Gasteiger partial charge is 0.467 e. The number of methoxy groups -OCH3 is 1. The molecule has 1 aliphatic rings. The molecule has 6 heteroatoms. The Labute approximate surface area is 148 Å². The average Bonchev–Trinajstić information content (AvgIpc) is 2.52. The van der Waals surface area contributed by atoms with Gasteiger partial charge in [-0.05, 0) is 31.0 Å². The molecule has 0 bridgehead atoms. The van der Waals surface area contributed by atoms with Crippen molar-refractivity contribution < 1.29 is 18.8 Å². The number of esters is 1. The number of hydrogen-bond acceptors (Lipinski definition) is 4. The normalized spacial score (nSPS) is 18.1. The fourth-order valence-corrected chi connectivity index (χ4v) is 3.76. The van der Waals surface area contributed by atoms with Gasteiger partial charge in [-0.2, -0.15) is 0 Å². The fourth-order valence-electron chi connectivity index (χ4n) is 2.69. The minimum Gasteiger partial charge on any atom is -0.467 e. The monoisotopic (exact) mass is 357 g/mol. The highest BCUT2D eigenvalue weighted by Crippen LogP contribution is 2.36. The summed E-state index contributed by atoms with van der Waals surface area (Å²) in [6, 6.07) is -0.616. The van der Waals surface area contributed by atoms with Gasteiger partial charge in [-0.25, -0.2) is 4.79 Å². The molecule has 1 atom stereocenters. The van der Waals surface area contributed by atoms with Crippen LogP contribution in [0.4, 0.5) is 0 Å². The van der Waals surface area contributed by atoms with E-state index >= 15 is 0 Å². The zero-order chi connectivity index (χ0) is 18.4. The Bertz CT molecular complexity index is 425. The van der Waals surface area contributed by atoms with E-state index in [1.165, 1.54) is 13.5 Å². The maximum absolute atomic E-state index is 12.4. The Kier molecular flexibility index (Phi) is 7.93. The molecule has 1 N–H and O–H groups in total. The van der Waals surface area contributed by atoms with Crippen molar-refractivity contribution in [1.82, 2.24) is 5.32 Å². The Morgan fingerprint density at radius 1 is 1.17 bits per heavy atom. The number of carbonyl (C=O) groups excluding carboxylic acids is 2. The summed E-state index contributed by atoms with van der Waals surface area (Å²) in [5, 5.41) is 3.01. The van der Waals surface area contributed by atoms with Gasteiger partial charge in [0.15, 0.2) is 8.32 Å². The first-order valence-corrected chi connectivity index (χ1v) is 12.0. The predicted molar refractivity (Wildman–Crippen MR) is 98.3 cm³/mol. The van der Waals surface area contributed by atoms with Gasteiger partial charge in [-0.15, -0.1) is 0 Å². The minimum atomic E-state index is -1.85. The molecule has 1 saturated carbocycles. The number of nitrogens with one attached hydrogen (secondary N) is 1. The highest BCUT2D eigenvalue weighted by atomic mass is 28.4. The van der Waals surface area contributed by atoms with Crippen LogP contribution in [-0.2, 0) is 18.8 Å². The van der Waals surface area contributed by atoms with Crippen LogP contribution in [0.3, 0.4) is 0 Å². The smallest absolute Gasteiger partial charge is 0.328 e. The van der Waals surface area contributed by atoms with Gasteiger partial charge in [0.1, 0.15) is 6.04 Å². The van der Waals surface area contributed by atoms with Crippen LogP contribution in [0.25, 0.3) is 0 Å². The second-order valence-corrected chi connectivity index (χ2v) is 13.1. The van der Waals surface area contributed by atoms with Crippen molar-refractivity contribution >= 4 is 20.2 Å². The summed E-state index contributed by atoms with van der Waals surface area (Å²) >= 11 is 0. The van der Waals surface area contributed by atoms with Gasteiger partial charge in [-0.3, -0.25) is 4.79 Å². The van der Waals surface area contributed by atoms with E-state index in [0.717, 1.165) is 25.7 Å². The molecule has 0 spiro atoms. The van der Waals surface area contributed by atoms with Crippen LogP contribution in [0.5, 0.6) is 0 Å². The lowest BCUT2D eigenvalue weighted by molar-refractivity contribution is -0.146. The summed E-state index contributed by atoms with van der Waals surface area (Å²) in [5.41, 5.74) is 0. The molecule has 5 nitrogen and oxygen atoms in total. The Balaban J connectivity index is 2.56. The van der Waals surface area contributed by atoms with Crippen LogP contribution in [0.2, 0.25) is 18.1 Å². The molecule has 0 unspecified atom stereocenters. The number of rotatable bonds is 7. The van der Waals surface area contributed by atoms with Crippen molar-refractivity contribution in [2.75, 3.05) is 13.7 Å². The molecular weight excluding hydrogens is 322 g/mol. The lowest BCUT2D eigenvalue weighted by atomic mass is 9.88. The van der Waals surface area contributed by atoms with Gasteiger partial charge in [0.25, 0.3) is 0 Å². The zero-order valence-corrected chi connectivity index (χ0v) is 17.2. The van der Waals surface area contributed by atoms with Gasteiger partial charge in [0, 0.05) is 18.9 Å². The van der Waals surface area contributed by atoms with Crippen molar-refractivity contribution in [3.05, 3.63) is 0 Å². The molecule has 0 radical (unpaired) electrons. The summed E-state index contributed by atoms with van der Waals surface area (Å²) in [4.78, 5) is 24.4. The molecule has 1 fully saturated rings. The Hall–Kier alpha value is -0.883. The molecule has 1 aliphatic carbocycles. The SMILES string of the molecule is COC(=O)[C@H](CCO[Si](C)(C)C(C)(C)C)NC(=O)C1CCCCC1. The molecule has 0 aromatic carbocycles. The van der Waals surface area contributed by atoms with Crippen LogP contribution in [-0.4, -0.2) is 40.0 Å². The molecule has 0 saturated heterocycles. The van der Waals surface area contributed by atoms with Crippen LogP contribution in [0.1, 0.15) is 59.3 Å². The second-order valence-electron chi connectivity index (χ2n) is 8.32. The first-order valence-electron chi connectivity index (χ1n) is 9.10. The van der Waals surface area contributed by atoms with Crippen LogP contribution in [0.15, 0.2) is 0 Å². The van der Waals surface area contributed by atoms with Crippen molar-refractivity contribution in [2.45, 2.75) is 83.5 Å². The fraction of sp³-hybridized carbons (Fsp3) is 0.889. The van der Waals surface area contributed by atoms with Crippen molar-refractivity contribution in [2.24, 2.45) is 5.92 Å². The predicted octanol–water partition coefficient (Wildman–Crippen LogP) is 3.64. The van der Waals surface area contributed by atoms with Crippen molar-refractivity contribution in [3.63, 3.8) is 0 Å². The topological polar surface area (TPSA) is 64.6 Å². The van der Waals surface area contributed by atoms with Gasteiger partial charge >= 0.3 is 5.97 Å². The summed E-state index contributed by atoms with van der Waals surface area (Å²) in [5.74, 6) is -0.373. The van der Waals surface area contributed by atoms with Gasteiger partial charge < -0.3 is 14.5 Å². The average molecular weight is 358 g/mol. The number of carbonyl (C=O) groups is 2. The van der Waals surface area contributed by atoms with Gasteiger partial charge in [0.05, 0.1) is 7.11 Å². The van der Waals surface area contributed by atoms with Crippen LogP contribution >= 0.6 is 0 Å². The minimum absolute atomic E-state index is 0.0163. The lowest BCUT2D eigenvalue weighted by Gasteiger charge is -2.36. The lowest BCUT2D eigenvalue weighted by Crippen LogP contribution is -2.46. The maximum atomic E-state index is 12.4. The van der Waals surface area contributed by atoms with E-state index in [-0.39, 0.29) is 16.9 Å². The zero-order valence-electron chi connectivity index (χ0n) is 16.2. The van der Waals surface area contributed by atoms with Crippen molar-refractivity contribution in [3.8, 4) is 0 Å². The van der Waals surface area contributed by atoms with E-state index in [1.54, 1.807) is 0 Å². The number of ether oxygens (including phenoxy) is 1. The van der Waals surface area contributed by atoms with Crippen molar-refractivity contribution in [1.29, 1.82) is 0 Å². The first-order chi connectivity index (χ1) is 11.1. The number of amides is 1. The van der Waals surface area contributed by atoms with E-state index in [4.69, 9.17) is 9.16 Å². The van der Waals surface area contributed by atoms with E-state index in [1.807, 2.05) is 0 Å². The van der Waals surface area contributed by atoms with Gasteiger partial charge in [0.2, 0.25) is 5.91 Å². The third-order valence-electron chi connectivity index (χ3n) is 5.45. The third kappa shape index (κ3) is 6.20. The molecule has 0 aliphatic heterocycles. The summed E-state index contributed by atoms with van der Waals surface area (Å²) in [6.45, 7) is 11.4. The summed E-state index contributed by atoms with van der Waals surface area (Å²) in [7, 11) is -0.496. The molecule has 0 aromatic heterocycles. The van der Waals surface area contributed by atoms with E-state index in [9.17, 15) is 9.59 Å². The highest BCUT2D eigenvalue weighted by molar-refractivity contribution is 6.74. The van der Waals surface area contributed by atoms with Gasteiger partial charge in [-0.1, -0.05) is 40.0 Å². The molecular formula is C18H35NO4Si. The summed E-state index contributed by atoms with van der Waals surface area (Å²) < 4.78 is 11.0. The van der Waals surface area contributed by atoms with Crippen LogP contribution in [0, 0.1) is 5.92 Å². The molecule has 1 amide bonds. The summed E-state index contributed by atoms with van der Waals surface area (Å²) in [6.07, 6.45) is 5.67. The van der Waals surface area contributed by atoms with Crippen LogP contribution < -0.4 is 5.32 Å².